The maximum absolute atomic E-state index is 5.73. The Kier molecular flexibility index (Phi) is 3.73. The zero-order valence-corrected chi connectivity index (χ0v) is 9.39. The number of ether oxygens (including phenoxy) is 2. The molecular formula is C10H22O2. The van der Waals surface area contributed by atoms with Gasteiger partial charge in [0.2, 0.25) is 0 Å². The molecule has 0 heterocycles. The Hall–Kier alpha value is -0.0800. The zero-order valence-electron chi connectivity index (χ0n) is 9.39. The van der Waals surface area contributed by atoms with Crippen LogP contribution >= 0.6 is 0 Å². The van der Waals surface area contributed by atoms with Crippen LogP contribution < -0.4 is 0 Å². The summed E-state index contributed by atoms with van der Waals surface area (Å²) in [5, 5.41) is 0. The summed E-state index contributed by atoms with van der Waals surface area (Å²) in [5.41, 5.74) is -0.0395. The molecule has 0 saturated carbocycles. The molecule has 0 aliphatic rings. The summed E-state index contributed by atoms with van der Waals surface area (Å²) in [7, 11) is 1.66. The van der Waals surface area contributed by atoms with E-state index in [4.69, 9.17) is 9.47 Å². The number of rotatable bonds is 3. The van der Waals surface area contributed by atoms with Gasteiger partial charge in [0.05, 0.1) is 5.60 Å². The van der Waals surface area contributed by atoms with Crippen LogP contribution in [0.1, 0.15) is 41.5 Å². The van der Waals surface area contributed by atoms with E-state index in [0.717, 1.165) is 0 Å². The van der Waals surface area contributed by atoms with Gasteiger partial charge >= 0.3 is 0 Å². The van der Waals surface area contributed by atoms with Crippen molar-refractivity contribution < 1.29 is 9.47 Å². The fraction of sp³-hybridized carbons (Fsp3) is 1.00. The molecule has 0 aliphatic heterocycles. The first-order valence-electron chi connectivity index (χ1n) is 4.41. The molecular weight excluding hydrogens is 152 g/mol. The first-order valence-corrected chi connectivity index (χ1v) is 4.41. The van der Waals surface area contributed by atoms with Crippen molar-refractivity contribution in [2.45, 2.75) is 53.4 Å². The van der Waals surface area contributed by atoms with Crippen LogP contribution in [0.5, 0.6) is 0 Å². The van der Waals surface area contributed by atoms with E-state index in [2.05, 4.69) is 34.6 Å². The van der Waals surface area contributed by atoms with Gasteiger partial charge in [0.25, 0.3) is 0 Å². The summed E-state index contributed by atoms with van der Waals surface area (Å²) < 4.78 is 10.8. The van der Waals surface area contributed by atoms with Gasteiger partial charge in [-0.25, -0.2) is 0 Å². The summed E-state index contributed by atoms with van der Waals surface area (Å²) in [6.07, 6.45) is -0.140. The minimum Gasteiger partial charge on any atom is -0.356 e. The SMILES string of the molecule is COC(C)OC(C)(C)C(C)(C)C. The van der Waals surface area contributed by atoms with Crippen LogP contribution in [0.25, 0.3) is 0 Å². The van der Waals surface area contributed by atoms with Crippen molar-refractivity contribution >= 4 is 0 Å². The second-order valence-corrected chi connectivity index (χ2v) is 4.68. The molecule has 0 radical (unpaired) electrons. The lowest BCUT2D eigenvalue weighted by Gasteiger charge is -2.40. The second kappa shape index (κ2) is 3.75. The van der Waals surface area contributed by atoms with E-state index in [9.17, 15) is 0 Å². The highest BCUT2D eigenvalue weighted by atomic mass is 16.7. The van der Waals surface area contributed by atoms with Crippen LogP contribution in [0.3, 0.4) is 0 Å². The van der Waals surface area contributed by atoms with Crippen molar-refractivity contribution in [3.63, 3.8) is 0 Å². The highest BCUT2D eigenvalue weighted by Crippen LogP contribution is 2.33. The molecule has 2 nitrogen and oxygen atoms in total. The monoisotopic (exact) mass is 174 g/mol. The highest BCUT2D eigenvalue weighted by Gasteiger charge is 2.35. The predicted octanol–water partition coefficient (Wildman–Crippen LogP) is 2.82. The van der Waals surface area contributed by atoms with Gasteiger partial charge < -0.3 is 9.47 Å². The van der Waals surface area contributed by atoms with E-state index in [1.807, 2.05) is 6.92 Å². The maximum Gasteiger partial charge on any atom is 0.155 e. The highest BCUT2D eigenvalue weighted by molar-refractivity contribution is 4.83. The Balaban J connectivity index is 4.22. The quantitative estimate of drug-likeness (QED) is 0.612. The lowest BCUT2D eigenvalue weighted by Crippen LogP contribution is -2.42. The summed E-state index contributed by atoms with van der Waals surface area (Å²) in [6, 6.07) is 0. The third-order valence-electron chi connectivity index (χ3n) is 2.60. The van der Waals surface area contributed by atoms with E-state index in [1.165, 1.54) is 0 Å². The van der Waals surface area contributed by atoms with E-state index < -0.39 is 0 Å². The summed E-state index contributed by atoms with van der Waals surface area (Å²) >= 11 is 0. The molecule has 0 aliphatic carbocycles. The Bertz CT molecular complexity index is 133. The summed E-state index contributed by atoms with van der Waals surface area (Å²) in [5.74, 6) is 0. The standard InChI is InChI=1S/C10H22O2/c1-8(11-7)12-10(5,6)9(2,3)4/h8H,1-7H3. The van der Waals surface area contributed by atoms with E-state index in [1.54, 1.807) is 7.11 Å². The predicted molar refractivity (Wildman–Crippen MR) is 51.1 cm³/mol. The van der Waals surface area contributed by atoms with Gasteiger partial charge in [-0.15, -0.1) is 0 Å². The molecule has 12 heavy (non-hydrogen) atoms. The average Bonchev–Trinajstić information content (AvgIpc) is 1.84. The van der Waals surface area contributed by atoms with Crippen LogP contribution in [0.15, 0.2) is 0 Å². The van der Waals surface area contributed by atoms with Crippen LogP contribution in [-0.2, 0) is 9.47 Å². The van der Waals surface area contributed by atoms with Crippen LogP contribution in [0.4, 0.5) is 0 Å². The van der Waals surface area contributed by atoms with Crippen LogP contribution in [0.2, 0.25) is 0 Å². The molecule has 0 aromatic carbocycles. The third-order valence-corrected chi connectivity index (χ3v) is 2.60. The normalized spacial score (nSPS) is 16.2. The Morgan fingerprint density at radius 2 is 1.42 bits per heavy atom. The lowest BCUT2D eigenvalue weighted by molar-refractivity contribution is -0.210. The van der Waals surface area contributed by atoms with Gasteiger partial charge in [0.1, 0.15) is 0 Å². The van der Waals surface area contributed by atoms with Crippen LogP contribution in [-0.4, -0.2) is 19.0 Å². The molecule has 0 saturated heterocycles. The van der Waals surface area contributed by atoms with Crippen molar-refractivity contribution in [2.75, 3.05) is 7.11 Å². The van der Waals surface area contributed by atoms with Gasteiger partial charge in [0, 0.05) is 7.11 Å². The van der Waals surface area contributed by atoms with Crippen molar-refractivity contribution in [3.05, 3.63) is 0 Å². The molecule has 0 fully saturated rings. The second-order valence-electron chi connectivity index (χ2n) is 4.68. The van der Waals surface area contributed by atoms with Gasteiger partial charge in [-0.05, 0) is 26.2 Å². The molecule has 0 bridgehead atoms. The zero-order chi connectivity index (χ0) is 9.99. The summed E-state index contributed by atoms with van der Waals surface area (Å²) in [4.78, 5) is 0. The van der Waals surface area contributed by atoms with Crippen molar-refractivity contribution in [1.82, 2.24) is 0 Å². The lowest BCUT2D eigenvalue weighted by atomic mass is 9.79. The first-order chi connectivity index (χ1) is 5.20. The largest absolute Gasteiger partial charge is 0.356 e. The van der Waals surface area contributed by atoms with E-state index in [0.29, 0.717) is 0 Å². The fourth-order valence-electron chi connectivity index (χ4n) is 0.640. The number of hydrogen-bond donors (Lipinski definition) is 0. The minimum absolute atomic E-state index is 0.125. The van der Waals surface area contributed by atoms with Gasteiger partial charge in [0.15, 0.2) is 6.29 Å². The molecule has 0 rings (SSSR count). The molecule has 1 unspecified atom stereocenters. The van der Waals surface area contributed by atoms with Crippen molar-refractivity contribution in [3.8, 4) is 0 Å². The van der Waals surface area contributed by atoms with Gasteiger partial charge in [-0.3, -0.25) is 0 Å². The smallest absolute Gasteiger partial charge is 0.155 e. The fourth-order valence-corrected chi connectivity index (χ4v) is 0.640. The number of hydrogen-bond acceptors (Lipinski definition) is 2. The van der Waals surface area contributed by atoms with E-state index >= 15 is 0 Å². The Labute approximate surface area is 76.3 Å². The first kappa shape index (κ1) is 11.9. The molecule has 0 amide bonds. The third kappa shape index (κ3) is 3.11. The molecule has 0 aromatic heterocycles. The summed E-state index contributed by atoms with van der Waals surface area (Å²) in [6.45, 7) is 12.6. The van der Waals surface area contributed by atoms with Gasteiger partial charge in [-0.2, -0.15) is 0 Å². The molecule has 1 atom stereocenters. The topological polar surface area (TPSA) is 18.5 Å². The molecule has 0 aromatic rings. The Morgan fingerprint density at radius 3 is 1.67 bits per heavy atom. The molecule has 0 spiro atoms. The van der Waals surface area contributed by atoms with E-state index in [-0.39, 0.29) is 17.3 Å². The van der Waals surface area contributed by atoms with Crippen LogP contribution in [0, 0.1) is 5.41 Å². The molecule has 74 valence electrons. The molecule has 0 N–H and O–H groups in total. The van der Waals surface area contributed by atoms with Crippen molar-refractivity contribution in [1.29, 1.82) is 0 Å². The maximum atomic E-state index is 5.73. The van der Waals surface area contributed by atoms with Crippen molar-refractivity contribution in [2.24, 2.45) is 5.41 Å². The van der Waals surface area contributed by atoms with Gasteiger partial charge in [-0.1, -0.05) is 20.8 Å². The number of methoxy groups -OCH3 is 1. The minimum atomic E-state index is -0.164. The molecule has 2 heteroatoms. The Morgan fingerprint density at radius 1 is 1.00 bits per heavy atom. The average molecular weight is 174 g/mol.